The van der Waals surface area contributed by atoms with Crippen LogP contribution in [0.1, 0.15) is 10.5 Å². The van der Waals surface area contributed by atoms with Crippen LogP contribution in [0, 0.1) is 0 Å². The van der Waals surface area contributed by atoms with Crippen molar-refractivity contribution in [3.8, 4) is 0 Å². The van der Waals surface area contributed by atoms with Crippen molar-refractivity contribution in [1.29, 1.82) is 0 Å². The second-order valence-corrected chi connectivity index (χ2v) is 6.23. The standard InChI is InChI=1S/C10H17N3O4S/c1-12(2)4-5-13(3)18(16,17)8-6-9(10(14)15)11-7-8/h6-7,11H,4-5H2,1-3H3,(H,14,15). The molecule has 0 amide bonds. The van der Waals surface area contributed by atoms with Crippen molar-refractivity contribution in [3.05, 3.63) is 18.0 Å². The Kier molecular flexibility index (Phi) is 4.49. The predicted molar refractivity (Wildman–Crippen MR) is 66.1 cm³/mol. The van der Waals surface area contributed by atoms with Crippen LogP contribution < -0.4 is 0 Å². The van der Waals surface area contributed by atoms with Crippen LogP contribution >= 0.6 is 0 Å². The normalized spacial score (nSPS) is 12.3. The Hall–Kier alpha value is -1.38. The molecule has 0 aromatic carbocycles. The molecule has 0 unspecified atom stereocenters. The summed E-state index contributed by atoms with van der Waals surface area (Å²) in [4.78, 5) is 14.9. The van der Waals surface area contributed by atoms with Crippen LogP contribution in [0.5, 0.6) is 0 Å². The number of nitrogens with zero attached hydrogens (tertiary/aromatic N) is 2. The number of rotatable bonds is 6. The van der Waals surface area contributed by atoms with Gasteiger partial charge in [-0.05, 0) is 20.2 Å². The summed E-state index contributed by atoms with van der Waals surface area (Å²) in [5, 5.41) is 8.73. The first kappa shape index (κ1) is 14.7. The van der Waals surface area contributed by atoms with E-state index in [1.54, 1.807) is 0 Å². The zero-order chi connectivity index (χ0) is 13.9. The summed E-state index contributed by atoms with van der Waals surface area (Å²) in [5.74, 6) is -1.19. The third kappa shape index (κ3) is 3.31. The largest absolute Gasteiger partial charge is 0.477 e. The number of carboxylic acid groups (broad SMARTS) is 1. The van der Waals surface area contributed by atoms with E-state index in [-0.39, 0.29) is 10.6 Å². The minimum Gasteiger partial charge on any atom is -0.477 e. The fraction of sp³-hybridized carbons (Fsp3) is 0.500. The molecule has 8 heteroatoms. The van der Waals surface area contributed by atoms with Crippen LogP contribution in [0.15, 0.2) is 17.2 Å². The lowest BCUT2D eigenvalue weighted by Crippen LogP contribution is -2.33. The van der Waals surface area contributed by atoms with Gasteiger partial charge in [-0.3, -0.25) is 0 Å². The highest BCUT2D eigenvalue weighted by Crippen LogP contribution is 2.15. The van der Waals surface area contributed by atoms with Gasteiger partial charge in [-0.2, -0.15) is 4.31 Å². The van der Waals surface area contributed by atoms with Crippen molar-refractivity contribution in [3.63, 3.8) is 0 Å². The molecule has 0 atom stereocenters. The molecule has 0 radical (unpaired) electrons. The molecule has 2 N–H and O–H groups in total. The van der Waals surface area contributed by atoms with Crippen LogP contribution in [0.4, 0.5) is 0 Å². The Morgan fingerprint density at radius 3 is 2.39 bits per heavy atom. The minimum atomic E-state index is -3.64. The average Bonchev–Trinajstić information content (AvgIpc) is 2.75. The highest BCUT2D eigenvalue weighted by molar-refractivity contribution is 7.89. The number of aromatic carboxylic acids is 1. The lowest BCUT2D eigenvalue weighted by molar-refractivity contribution is 0.0691. The van der Waals surface area contributed by atoms with Gasteiger partial charge in [0.15, 0.2) is 0 Å². The van der Waals surface area contributed by atoms with E-state index in [2.05, 4.69) is 4.98 Å². The molecule has 0 saturated heterocycles. The van der Waals surface area contributed by atoms with Crippen LogP contribution in [-0.2, 0) is 10.0 Å². The zero-order valence-corrected chi connectivity index (χ0v) is 11.4. The number of aromatic amines is 1. The van der Waals surface area contributed by atoms with Gasteiger partial charge in [0.05, 0.1) is 0 Å². The molecule has 0 spiro atoms. The van der Waals surface area contributed by atoms with Crippen molar-refractivity contribution in [2.45, 2.75) is 4.90 Å². The van der Waals surface area contributed by atoms with Crippen LogP contribution in [0.2, 0.25) is 0 Å². The Labute approximate surface area is 106 Å². The zero-order valence-electron chi connectivity index (χ0n) is 10.5. The molecule has 0 aliphatic heterocycles. The molecule has 0 aliphatic rings. The monoisotopic (exact) mass is 275 g/mol. The molecule has 1 rings (SSSR count). The number of carboxylic acids is 1. The molecule has 0 fully saturated rings. The van der Waals surface area contributed by atoms with E-state index in [0.717, 1.165) is 6.07 Å². The lowest BCUT2D eigenvalue weighted by Gasteiger charge is -2.18. The number of H-pyrrole nitrogens is 1. The summed E-state index contributed by atoms with van der Waals surface area (Å²) in [6, 6.07) is 1.11. The Morgan fingerprint density at radius 1 is 1.33 bits per heavy atom. The quantitative estimate of drug-likeness (QED) is 0.756. The summed E-state index contributed by atoms with van der Waals surface area (Å²) < 4.78 is 25.3. The summed E-state index contributed by atoms with van der Waals surface area (Å²) >= 11 is 0. The first-order chi connectivity index (χ1) is 8.25. The second kappa shape index (κ2) is 5.51. The summed E-state index contributed by atoms with van der Waals surface area (Å²) in [6.07, 6.45) is 1.19. The third-order valence-corrected chi connectivity index (χ3v) is 4.29. The smallest absolute Gasteiger partial charge is 0.352 e. The number of nitrogens with one attached hydrogen (secondary N) is 1. The van der Waals surface area contributed by atoms with Crippen LogP contribution in [0.3, 0.4) is 0 Å². The summed E-state index contributed by atoms with van der Waals surface area (Å²) in [6.45, 7) is 0.925. The van der Waals surface area contributed by atoms with Gasteiger partial charge in [0, 0.05) is 26.3 Å². The maximum absolute atomic E-state index is 12.1. The molecule has 0 aliphatic carbocycles. The van der Waals surface area contributed by atoms with Gasteiger partial charge in [0.25, 0.3) is 0 Å². The van der Waals surface area contributed by atoms with E-state index < -0.39 is 16.0 Å². The number of hydrogen-bond donors (Lipinski definition) is 2. The molecule has 102 valence electrons. The number of hydrogen-bond acceptors (Lipinski definition) is 4. The highest BCUT2D eigenvalue weighted by atomic mass is 32.2. The highest BCUT2D eigenvalue weighted by Gasteiger charge is 2.23. The van der Waals surface area contributed by atoms with E-state index in [4.69, 9.17) is 5.11 Å². The van der Waals surface area contributed by atoms with Crippen molar-refractivity contribution in [1.82, 2.24) is 14.2 Å². The number of likely N-dealkylation sites (N-methyl/N-ethyl adjacent to an activating group) is 2. The number of carbonyl (C=O) groups is 1. The Morgan fingerprint density at radius 2 is 1.94 bits per heavy atom. The van der Waals surface area contributed by atoms with Gasteiger partial charge >= 0.3 is 5.97 Å². The van der Waals surface area contributed by atoms with E-state index in [1.165, 1.54) is 17.5 Å². The van der Waals surface area contributed by atoms with E-state index in [1.807, 2.05) is 19.0 Å². The van der Waals surface area contributed by atoms with Gasteiger partial charge in [-0.25, -0.2) is 13.2 Å². The molecule has 1 heterocycles. The molecular formula is C10H17N3O4S. The fourth-order valence-electron chi connectivity index (χ4n) is 1.29. The van der Waals surface area contributed by atoms with Crippen molar-refractivity contribution in [2.24, 2.45) is 0 Å². The fourth-order valence-corrected chi connectivity index (χ4v) is 2.44. The van der Waals surface area contributed by atoms with E-state index in [0.29, 0.717) is 13.1 Å². The molecule has 1 aromatic rings. The van der Waals surface area contributed by atoms with Crippen molar-refractivity contribution >= 4 is 16.0 Å². The van der Waals surface area contributed by atoms with Crippen LogP contribution in [0.25, 0.3) is 0 Å². The van der Waals surface area contributed by atoms with Gasteiger partial charge in [-0.15, -0.1) is 0 Å². The van der Waals surface area contributed by atoms with Gasteiger partial charge < -0.3 is 15.0 Å². The number of sulfonamides is 1. The van der Waals surface area contributed by atoms with Gasteiger partial charge in [0.1, 0.15) is 10.6 Å². The first-order valence-electron chi connectivity index (χ1n) is 5.28. The van der Waals surface area contributed by atoms with Crippen molar-refractivity contribution < 1.29 is 18.3 Å². The molecule has 7 nitrogen and oxygen atoms in total. The summed E-state index contributed by atoms with van der Waals surface area (Å²) in [5.41, 5.74) is -0.144. The van der Waals surface area contributed by atoms with Crippen molar-refractivity contribution in [2.75, 3.05) is 34.2 Å². The second-order valence-electron chi connectivity index (χ2n) is 4.18. The SMILES string of the molecule is CN(C)CCN(C)S(=O)(=O)c1c[nH]c(C(=O)O)c1. The number of aromatic nitrogens is 1. The third-order valence-electron chi connectivity index (χ3n) is 2.46. The maximum Gasteiger partial charge on any atom is 0.352 e. The molecule has 0 bridgehead atoms. The molecular weight excluding hydrogens is 258 g/mol. The van der Waals surface area contributed by atoms with Gasteiger partial charge in [0.2, 0.25) is 10.0 Å². The van der Waals surface area contributed by atoms with E-state index in [9.17, 15) is 13.2 Å². The average molecular weight is 275 g/mol. The molecule has 1 aromatic heterocycles. The summed E-state index contributed by atoms with van der Waals surface area (Å²) in [7, 11) is 1.52. The Balaban J connectivity index is 2.87. The topological polar surface area (TPSA) is 93.7 Å². The predicted octanol–water partition coefficient (Wildman–Crippen LogP) is -0.105. The minimum absolute atomic E-state index is 0.0406. The molecule has 18 heavy (non-hydrogen) atoms. The van der Waals surface area contributed by atoms with Gasteiger partial charge in [-0.1, -0.05) is 0 Å². The van der Waals surface area contributed by atoms with E-state index >= 15 is 0 Å². The first-order valence-corrected chi connectivity index (χ1v) is 6.72. The maximum atomic E-state index is 12.1. The van der Waals surface area contributed by atoms with Crippen LogP contribution in [-0.4, -0.2) is 67.9 Å². The lowest BCUT2D eigenvalue weighted by atomic mass is 10.4. The Bertz CT molecular complexity index is 521. The molecule has 0 saturated carbocycles.